The number of rotatable bonds is 3. The maximum Gasteiger partial charge on any atom is 0.164 e. The van der Waals surface area contributed by atoms with Crippen LogP contribution in [-0.4, -0.2) is 19.5 Å². The van der Waals surface area contributed by atoms with E-state index >= 15 is 0 Å². The van der Waals surface area contributed by atoms with E-state index in [1.54, 1.807) is 0 Å². The Morgan fingerprint density at radius 1 is 0.488 bits per heavy atom. The van der Waals surface area contributed by atoms with Crippen LogP contribution in [0.2, 0.25) is 0 Å². The predicted molar refractivity (Wildman–Crippen MR) is 168 cm³/mol. The zero-order valence-electron chi connectivity index (χ0n) is 23.3. The maximum absolute atomic E-state index is 4.97. The van der Waals surface area contributed by atoms with E-state index in [1.165, 1.54) is 44.1 Å². The molecule has 0 saturated heterocycles. The average Bonchev–Trinajstić information content (AvgIpc) is 3.43. The Labute approximate surface area is 239 Å². The van der Waals surface area contributed by atoms with Gasteiger partial charge in [-0.25, -0.2) is 15.0 Å². The SMILES string of the molecule is Cn1c2ccc(-c3nc(-c4ccccc4)nc(-c4ccccc4)n3)cc2c2cc3c(cc21)C(C)(C)c1ccccc1-3. The van der Waals surface area contributed by atoms with Gasteiger partial charge in [0.15, 0.2) is 17.5 Å². The molecule has 0 atom stereocenters. The van der Waals surface area contributed by atoms with Crippen LogP contribution in [0, 0.1) is 0 Å². The molecular weight excluding hydrogens is 500 g/mol. The summed E-state index contributed by atoms with van der Waals surface area (Å²) in [4.78, 5) is 14.8. The fourth-order valence-electron chi connectivity index (χ4n) is 6.48. The van der Waals surface area contributed by atoms with Gasteiger partial charge in [0.25, 0.3) is 0 Å². The Kier molecular flexibility index (Phi) is 5.05. The maximum atomic E-state index is 4.97. The highest BCUT2D eigenvalue weighted by atomic mass is 15.0. The molecule has 2 aromatic heterocycles. The molecule has 0 spiro atoms. The molecule has 0 saturated carbocycles. The van der Waals surface area contributed by atoms with Crippen LogP contribution >= 0.6 is 0 Å². The van der Waals surface area contributed by atoms with E-state index in [1.807, 2.05) is 60.7 Å². The van der Waals surface area contributed by atoms with Crippen LogP contribution in [0.3, 0.4) is 0 Å². The van der Waals surface area contributed by atoms with Crippen LogP contribution in [0.15, 0.2) is 115 Å². The van der Waals surface area contributed by atoms with E-state index in [9.17, 15) is 0 Å². The number of hydrogen-bond donors (Lipinski definition) is 0. The molecule has 0 N–H and O–H groups in total. The third-order valence-electron chi connectivity index (χ3n) is 8.67. The zero-order chi connectivity index (χ0) is 27.7. The van der Waals surface area contributed by atoms with Crippen LogP contribution in [-0.2, 0) is 12.5 Å². The molecular formula is C37H28N4. The molecule has 1 aliphatic rings. The minimum Gasteiger partial charge on any atom is -0.344 e. The summed E-state index contributed by atoms with van der Waals surface area (Å²) in [5.74, 6) is 2.01. The van der Waals surface area contributed by atoms with Gasteiger partial charge < -0.3 is 4.57 Å². The number of aryl methyl sites for hydroxylation is 1. The Bertz CT molecular complexity index is 2070. The fraction of sp³-hybridized carbons (Fsp3) is 0.108. The van der Waals surface area contributed by atoms with Crippen LogP contribution < -0.4 is 0 Å². The van der Waals surface area contributed by atoms with Crippen molar-refractivity contribution < 1.29 is 0 Å². The lowest BCUT2D eigenvalue weighted by Crippen LogP contribution is -2.14. The Hall–Kier alpha value is -5.09. The summed E-state index contributed by atoms with van der Waals surface area (Å²) in [6, 6.07) is 40.4. The molecule has 0 fully saturated rings. The third kappa shape index (κ3) is 3.57. The van der Waals surface area contributed by atoms with Gasteiger partial charge in [-0.3, -0.25) is 0 Å². The van der Waals surface area contributed by atoms with Gasteiger partial charge in [-0.05, 0) is 52.6 Å². The summed E-state index contributed by atoms with van der Waals surface area (Å²) < 4.78 is 2.31. The standard InChI is InChI=1S/C37H28N4/c1-37(2)30-17-11-10-16-26(30)27-21-29-28-20-25(18-19-32(28)41(3)33(29)22-31(27)37)36-39-34(23-12-6-4-7-13-23)38-35(40-36)24-14-8-5-9-15-24/h4-22H,1-3H3. The first-order valence-electron chi connectivity index (χ1n) is 14.0. The van der Waals surface area contributed by atoms with Crippen LogP contribution in [0.4, 0.5) is 0 Å². The van der Waals surface area contributed by atoms with Crippen molar-refractivity contribution in [3.8, 4) is 45.3 Å². The molecule has 1 aliphatic carbocycles. The van der Waals surface area contributed by atoms with Crippen LogP contribution in [0.5, 0.6) is 0 Å². The van der Waals surface area contributed by atoms with Gasteiger partial charge in [0.2, 0.25) is 0 Å². The lowest BCUT2D eigenvalue weighted by atomic mass is 9.82. The fourth-order valence-corrected chi connectivity index (χ4v) is 6.48. The number of benzene rings is 5. The number of hydrogen-bond acceptors (Lipinski definition) is 3. The molecule has 0 radical (unpaired) electrons. The molecule has 7 aromatic rings. The van der Waals surface area contributed by atoms with Gasteiger partial charge in [0, 0.05) is 51.0 Å². The molecule has 41 heavy (non-hydrogen) atoms. The summed E-state index contributed by atoms with van der Waals surface area (Å²) in [6.45, 7) is 4.67. The van der Waals surface area contributed by atoms with Crippen LogP contribution in [0.1, 0.15) is 25.0 Å². The lowest BCUT2D eigenvalue weighted by Gasteiger charge is -2.21. The minimum absolute atomic E-state index is 0.0334. The van der Waals surface area contributed by atoms with E-state index in [2.05, 4.69) is 80.1 Å². The van der Waals surface area contributed by atoms with Gasteiger partial charge in [-0.1, -0.05) is 98.8 Å². The first kappa shape index (κ1) is 23.8. The number of aromatic nitrogens is 4. The third-order valence-corrected chi connectivity index (χ3v) is 8.67. The largest absolute Gasteiger partial charge is 0.344 e. The van der Waals surface area contributed by atoms with E-state index in [4.69, 9.17) is 15.0 Å². The van der Waals surface area contributed by atoms with Gasteiger partial charge >= 0.3 is 0 Å². The van der Waals surface area contributed by atoms with Gasteiger partial charge in [-0.15, -0.1) is 0 Å². The molecule has 4 heteroatoms. The van der Waals surface area contributed by atoms with Gasteiger partial charge in [-0.2, -0.15) is 0 Å². The predicted octanol–water partition coefficient (Wildman–Crippen LogP) is 8.82. The highest BCUT2D eigenvalue weighted by Gasteiger charge is 2.35. The molecule has 0 aliphatic heterocycles. The minimum atomic E-state index is -0.0334. The van der Waals surface area contributed by atoms with Crippen molar-refractivity contribution in [2.75, 3.05) is 0 Å². The highest BCUT2D eigenvalue weighted by Crippen LogP contribution is 2.50. The zero-order valence-corrected chi connectivity index (χ0v) is 23.3. The van der Waals surface area contributed by atoms with E-state index in [0.29, 0.717) is 17.5 Å². The van der Waals surface area contributed by atoms with Crippen molar-refractivity contribution in [2.45, 2.75) is 19.3 Å². The van der Waals surface area contributed by atoms with Crippen molar-refractivity contribution >= 4 is 21.8 Å². The number of fused-ring (bicyclic) bond motifs is 6. The van der Waals surface area contributed by atoms with Crippen LogP contribution in [0.25, 0.3) is 67.1 Å². The average molecular weight is 529 g/mol. The first-order chi connectivity index (χ1) is 20.0. The molecule has 196 valence electrons. The van der Waals surface area contributed by atoms with E-state index < -0.39 is 0 Å². The highest BCUT2D eigenvalue weighted by molar-refractivity contribution is 6.11. The topological polar surface area (TPSA) is 43.6 Å². The summed E-state index contributed by atoms with van der Waals surface area (Å²) in [5.41, 5.74) is 10.7. The summed E-state index contributed by atoms with van der Waals surface area (Å²) in [6.07, 6.45) is 0. The molecule has 4 nitrogen and oxygen atoms in total. The molecule has 8 rings (SSSR count). The van der Waals surface area contributed by atoms with Gasteiger partial charge in [0.05, 0.1) is 0 Å². The van der Waals surface area contributed by atoms with Crippen molar-refractivity contribution in [2.24, 2.45) is 7.05 Å². The van der Waals surface area contributed by atoms with E-state index in [-0.39, 0.29) is 5.41 Å². The molecule has 0 unspecified atom stereocenters. The molecule has 5 aromatic carbocycles. The van der Waals surface area contributed by atoms with Crippen molar-refractivity contribution in [1.82, 2.24) is 19.5 Å². The normalized spacial score (nSPS) is 13.4. The first-order valence-corrected chi connectivity index (χ1v) is 14.0. The summed E-state index contributed by atoms with van der Waals surface area (Å²) in [7, 11) is 2.16. The van der Waals surface area contributed by atoms with Crippen molar-refractivity contribution in [3.63, 3.8) is 0 Å². The Morgan fingerprint density at radius 2 is 1.05 bits per heavy atom. The monoisotopic (exact) mass is 528 g/mol. The Morgan fingerprint density at radius 3 is 1.71 bits per heavy atom. The number of nitrogens with zero attached hydrogens (tertiary/aromatic N) is 4. The summed E-state index contributed by atoms with van der Waals surface area (Å²) in [5, 5.41) is 2.45. The van der Waals surface area contributed by atoms with Gasteiger partial charge in [0.1, 0.15) is 0 Å². The second kappa shape index (κ2) is 8.70. The second-order valence-corrected chi connectivity index (χ2v) is 11.4. The smallest absolute Gasteiger partial charge is 0.164 e. The molecule has 0 bridgehead atoms. The summed E-state index contributed by atoms with van der Waals surface area (Å²) >= 11 is 0. The molecule has 2 heterocycles. The second-order valence-electron chi connectivity index (χ2n) is 11.4. The van der Waals surface area contributed by atoms with Crippen molar-refractivity contribution in [1.29, 1.82) is 0 Å². The Balaban J connectivity index is 1.36. The lowest BCUT2D eigenvalue weighted by molar-refractivity contribution is 0.661. The van der Waals surface area contributed by atoms with Crippen molar-refractivity contribution in [3.05, 3.63) is 126 Å². The van der Waals surface area contributed by atoms with E-state index in [0.717, 1.165) is 16.7 Å². The quantitative estimate of drug-likeness (QED) is 0.230. The molecule has 0 amide bonds.